The van der Waals surface area contributed by atoms with Crippen LogP contribution in [0, 0.1) is 5.82 Å². The lowest BCUT2D eigenvalue weighted by Gasteiger charge is -2.38. The zero-order chi connectivity index (χ0) is 23.7. The molecule has 0 aliphatic carbocycles. The summed E-state index contributed by atoms with van der Waals surface area (Å²) in [4.78, 5) is 8.90. The molecule has 0 bridgehead atoms. The first-order valence-electron chi connectivity index (χ1n) is 11.0. The van der Waals surface area contributed by atoms with E-state index in [1.807, 2.05) is 29.2 Å². The molecule has 1 fully saturated rings. The molecule has 0 amide bonds. The first-order valence-corrected chi connectivity index (χ1v) is 12.5. The van der Waals surface area contributed by atoms with Gasteiger partial charge in [-0.2, -0.15) is 0 Å². The minimum atomic E-state index is -3.85. The van der Waals surface area contributed by atoms with E-state index in [2.05, 4.69) is 9.88 Å². The van der Waals surface area contributed by atoms with E-state index < -0.39 is 15.7 Å². The SMILES string of the molecule is COc1ccc(N2CCN(c3c(S(=O)(=O)c4ccccc4)cnc4ccc(F)cc34)CC2)cc1. The molecule has 34 heavy (non-hydrogen) atoms. The van der Waals surface area contributed by atoms with E-state index in [9.17, 15) is 12.8 Å². The quantitative estimate of drug-likeness (QED) is 0.421. The number of pyridine rings is 1. The van der Waals surface area contributed by atoms with Crippen molar-refractivity contribution >= 4 is 32.1 Å². The second-order valence-corrected chi connectivity index (χ2v) is 10.0. The molecule has 0 saturated carbocycles. The standard InChI is InChI=1S/C26H24FN3O3S/c1-33-21-10-8-20(9-11-21)29-13-15-30(16-14-29)26-23-17-19(27)7-12-24(23)28-18-25(26)34(31,32)22-5-3-2-4-6-22/h2-12,17-18H,13-16H2,1H3. The normalized spacial score (nSPS) is 14.4. The van der Waals surface area contributed by atoms with Crippen LogP contribution in [0.4, 0.5) is 15.8 Å². The Morgan fingerprint density at radius 1 is 0.882 bits per heavy atom. The van der Waals surface area contributed by atoms with Crippen molar-refractivity contribution in [1.29, 1.82) is 0 Å². The second-order valence-electron chi connectivity index (χ2n) is 8.12. The summed E-state index contributed by atoms with van der Waals surface area (Å²) in [5.41, 5.74) is 2.13. The highest BCUT2D eigenvalue weighted by Crippen LogP contribution is 2.37. The number of fused-ring (bicyclic) bond motifs is 1. The minimum Gasteiger partial charge on any atom is -0.497 e. The van der Waals surface area contributed by atoms with Crippen LogP contribution in [0.1, 0.15) is 0 Å². The molecule has 0 unspecified atom stereocenters. The van der Waals surface area contributed by atoms with E-state index in [0.29, 0.717) is 42.8 Å². The Kier molecular flexibility index (Phi) is 5.83. The Bertz CT molecular complexity index is 1420. The lowest BCUT2D eigenvalue weighted by Crippen LogP contribution is -2.47. The van der Waals surface area contributed by atoms with Gasteiger partial charge in [0.1, 0.15) is 16.5 Å². The van der Waals surface area contributed by atoms with Crippen LogP contribution in [0.15, 0.2) is 88.8 Å². The van der Waals surface area contributed by atoms with Gasteiger partial charge in [-0.25, -0.2) is 12.8 Å². The smallest absolute Gasteiger partial charge is 0.210 e. The largest absolute Gasteiger partial charge is 0.497 e. The number of halogens is 1. The summed E-state index contributed by atoms with van der Waals surface area (Å²) in [7, 11) is -2.22. The number of anilines is 2. The summed E-state index contributed by atoms with van der Waals surface area (Å²) in [6.07, 6.45) is 1.40. The second kappa shape index (κ2) is 8.95. The molecule has 0 spiro atoms. The molecule has 1 aromatic heterocycles. The van der Waals surface area contributed by atoms with Gasteiger partial charge in [0.25, 0.3) is 0 Å². The lowest BCUT2D eigenvalue weighted by atomic mass is 10.1. The van der Waals surface area contributed by atoms with Crippen molar-refractivity contribution in [2.75, 3.05) is 43.1 Å². The van der Waals surface area contributed by atoms with Crippen molar-refractivity contribution in [3.05, 3.63) is 84.8 Å². The summed E-state index contributed by atoms with van der Waals surface area (Å²) in [6.45, 7) is 2.55. The molecule has 4 aromatic rings. The number of benzene rings is 3. The molecule has 6 nitrogen and oxygen atoms in total. The minimum absolute atomic E-state index is 0.0923. The average Bonchev–Trinajstić information content (AvgIpc) is 2.88. The lowest BCUT2D eigenvalue weighted by molar-refractivity contribution is 0.415. The Labute approximate surface area is 198 Å². The molecule has 1 aliphatic rings. The van der Waals surface area contributed by atoms with Crippen LogP contribution in [0.2, 0.25) is 0 Å². The Balaban J connectivity index is 1.54. The van der Waals surface area contributed by atoms with Gasteiger partial charge in [0, 0.05) is 43.4 Å². The number of aromatic nitrogens is 1. The van der Waals surface area contributed by atoms with Crippen LogP contribution < -0.4 is 14.5 Å². The molecule has 2 heterocycles. The number of methoxy groups -OCH3 is 1. The monoisotopic (exact) mass is 477 g/mol. The van der Waals surface area contributed by atoms with Crippen molar-refractivity contribution in [2.24, 2.45) is 0 Å². The first-order chi connectivity index (χ1) is 16.5. The van der Waals surface area contributed by atoms with Crippen molar-refractivity contribution in [3.63, 3.8) is 0 Å². The molecule has 1 aliphatic heterocycles. The third-order valence-electron chi connectivity index (χ3n) is 6.14. The van der Waals surface area contributed by atoms with E-state index in [0.717, 1.165) is 11.4 Å². The molecule has 0 radical (unpaired) electrons. The van der Waals surface area contributed by atoms with Gasteiger partial charge in [-0.3, -0.25) is 4.98 Å². The fraction of sp³-hybridized carbons (Fsp3) is 0.192. The van der Waals surface area contributed by atoms with Crippen molar-refractivity contribution in [1.82, 2.24) is 4.98 Å². The summed E-state index contributed by atoms with van der Waals surface area (Å²) in [5, 5.41) is 0.495. The predicted molar refractivity (Wildman–Crippen MR) is 131 cm³/mol. The maximum atomic E-state index is 14.3. The van der Waals surface area contributed by atoms with Gasteiger partial charge in [-0.1, -0.05) is 18.2 Å². The summed E-state index contributed by atoms with van der Waals surface area (Å²) >= 11 is 0. The Hall–Kier alpha value is -3.65. The molecular formula is C26H24FN3O3S. The van der Waals surface area contributed by atoms with Gasteiger partial charge < -0.3 is 14.5 Å². The van der Waals surface area contributed by atoms with Crippen LogP contribution in [0.3, 0.4) is 0 Å². The van der Waals surface area contributed by atoms with Crippen LogP contribution in [-0.2, 0) is 9.84 Å². The maximum Gasteiger partial charge on any atom is 0.210 e. The zero-order valence-corrected chi connectivity index (χ0v) is 19.5. The topological polar surface area (TPSA) is 62.7 Å². The molecular weight excluding hydrogens is 453 g/mol. The fourth-order valence-electron chi connectivity index (χ4n) is 4.36. The summed E-state index contributed by atoms with van der Waals surface area (Å²) < 4.78 is 46.7. The molecule has 0 atom stereocenters. The highest BCUT2D eigenvalue weighted by molar-refractivity contribution is 7.91. The van der Waals surface area contributed by atoms with Gasteiger partial charge in [-0.05, 0) is 54.6 Å². The molecule has 8 heteroatoms. The van der Waals surface area contributed by atoms with Crippen LogP contribution in [0.25, 0.3) is 10.9 Å². The number of rotatable bonds is 5. The van der Waals surface area contributed by atoms with Gasteiger partial charge in [-0.15, -0.1) is 0 Å². The van der Waals surface area contributed by atoms with Crippen molar-refractivity contribution in [3.8, 4) is 5.75 Å². The van der Waals surface area contributed by atoms with Gasteiger partial charge >= 0.3 is 0 Å². The van der Waals surface area contributed by atoms with Gasteiger partial charge in [0.15, 0.2) is 0 Å². The van der Waals surface area contributed by atoms with E-state index in [1.54, 1.807) is 43.5 Å². The molecule has 3 aromatic carbocycles. The van der Waals surface area contributed by atoms with Crippen molar-refractivity contribution < 1.29 is 17.5 Å². The number of piperazine rings is 1. The van der Waals surface area contributed by atoms with Crippen LogP contribution >= 0.6 is 0 Å². The van der Waals surface area contributed by atoms with E-state index in [4.69, 9.17) is 4.74 Å². The zero-order valence-electron chi connectivity index (χ0n) is 18.7. The molecule has 174 valence electrons. The van der Waals surface area contributed by atoms with Crippen molar-refractivity contribution in [2.45, 2.75) is 9.79 Å². The highest BCUT2D eigenvalue weighted by atomic mass is 32.2. The van der Waals surface area contributed by atoms with E-state index in [1.165, 1.54) is 18.3 Å². The number of ether oxygens (including phenoxy) is 1. The van der Waals surface area contributed by atoms with E-state index in [-0.39, 0.29) is 9.79 Å². The van der Waals surface area contributed by atoms with Crippen LogP contribution in [-0.4, -0.2) is 46.7 Å². The molecule has 1 saturated heterocycles. The average molecular weight is 478 g/mol. The molecule has 5 rings (SSSR count). The van der Waals surface area contributed by atoms with Gasteiger partial charge in [0.05, 0.1) is 23.2 Å². The summed E-state index contributed by atoms with van der Waals surface area (Å²) in [6, 6.07) is 20.4. The third kappa shape index (κ3) is 4.05. The van der Waals surface area contributed by atoms with Crippen LogP contribution in [0.5, 0.6) is 5.75 Å². The Morgan fingerprint density at radius 2 is 1.56 bits per heavy atom. The first kappa shape index (κ1) is 22.2. The Morgan fingerprint density at radius 3 is 2.24 bits per heavy atom. The summed E-state index contributed by atoms with van der Waals surface area (Å²) in [5.74, 6) is 0.366. The van der Waals surface area contributed by atoms with E-state index >= 15 is 0 Å². The predicted octanol–water partition coefficient (Wildman–Crippen LogP) is 4.54. The van der Waals surface area contributed by atoms with Gasteiger partial charge in [0.2, 0.25) is 9.84 Å². The fourth-order valence-corrected chi connectivity index (χ4v) is 5.82. The number of sulfone groups is 1. The number of hydrogen-bond acceptors (Lipinski definition) is 6. The number of hydrogen-bond donors (Lipinski definition) is 0. The highest BCUT2D eigenvalue weighted by Gasteiger charge is 2.29. The maximum absolute atomic E-state index is 14.3. The number of nitrogens with zero attached hydrogens (tertiary/aromatic N) is 3. The third-order valence-corrected chi connectivity index (χ3v) is 7.92. The molecule has 0 N–H and O–H groups in total.